The summed E-state index contributed by atoms with van der Waals surface area (Å²) in [5.74, 6) is 5.38. The van der Waals surface area contributed by atoms with Crippen molar-refractivity contribution >= 4 is 5.91 Å². The molecule has 0 spiro atoms. The van der Waals surface area contributed by atoms with Crippen LogP contribution in [0.1, 0.15) is 41.3 Å². The standard InChI is InChI=1S/C16H19NO2/c1-12-8-13(4-3-7-18)10-14(9-12)15(19)17-11-16(2)5-6-16/h8-10,18H,5-7,11H2,1-2H3,(H,17,19). The van der Waals surface area contributed by atoms with Crippen LogP contribution in [0.3, 0.4) is 0 Å². The van der Waals surface area contributed by atoms with Crippen LogP contribution in [0.15, 0.2) is 18.2 Å². The molecule has 100 valence electrons. The van der Waals surface area contributed by atoms with Gasteiger partial charge < -0.3 is 10.4 Å². The van der Waals surface area contributed by atoms with E-state index in [1.807, 2.05) is 19.1 Å². The summed E-state index contributed by atoms with van der Waals surface area (Å²) in [6, 6.07) is 5.52. The Labute approximate surface area is 114 Å². The highest BCUT2D eigenvalue weighted by molar-refractivity contribution is 5.94. The van der Waals surface area contributed by atoms with E-state index in [4.69, 9.17) is 5.11 Å². The van der Waals surface area contributed by atoms with Crippen LogP contribution in [0.4, 0.5) is 0 Å². The van der Waals surface area contributed by atoms with Gasteiger partial charge in [0.15, 0.2) is 0 Å². The Morgan fingerprint density at radius 2 is 2.16 bits per heavy atom. The molecule has 0 atom stereocenters. The molecule has 1 amide bonds. The molecular weight excluding hydrogens is 238 g/mol. The number of aliphatic hydroxyl groups excluding tert-OH is 1. The van der Waals surface area contributed by atoms with E-state index in [2.05, 4.69) is 24.1 Å². The number of hydrogen-bond donors (Lipinski definition) is 2. The summed E-state index contributed by atoms with van der Waals surface area (Å²) in [7, 11) is 0. The summed E-state index contributed by atoms with van der Waals surface area (Å²) in [5.41, 5.74) is 2.69. The molecule has 1 aromatic carbocycles. The number of carbonyl (C=O) groups is 1. The molecule has 1 aromatic rings. The van der Waals surface area contributed by atoms with Crippen molar-refractivity contribution in [2.24, 2.45) is 5.41 Å². The monoisotopic (exact) mass is 257 g/mol. The zero-order valence-corrected chi connectivity index (χ0v) is 11.4. The predicted molar refractivity (Wildman–Crippen MR) is 74.8 cm³/mol. The van der Waals surface area contributed by atoms with Crippen molar-refractivity contribution in [3.63, 3.8) is 0 Å². The van der Waals surface area contributed by atoms with Gasteiger partial charge in [0, 0.05) is 17.7 Å². The lowest BCUT2D eigenvalue weighted by Gasteiger charge is -2.10. The van der Waals surface area contributed by atoms with E-state index >= 15 is 0 Å². The van der Waals surface area contributed by atoms with Crippen LogP contribution >= 0.6 is 0 Å². The predicted octanol–water partition coefficient (Wildman–Crippen LogP) is 1.87. The van der Waals surface area contributed by atoms with Gasteiger partial charge in [-0.05, 0) is 48.9 Å². The van der Waals surface area contributed by atoms with E-state index in [-0.39, 0.29) is 12.5 Å². The second-order valence-electron chi connectivity index (χ2n) is 5.54. The first-order chi connectivity index (χ1) is 9.02. The van der Waals surface area contributed by atoms with Crippen molar-refractivity contribution < 1.29 is 9.90 Å². The summed E-state index contributed by atoms with van der Waals surface area (Å²) in [5, 5.41) is 11.7. The van der Waals surface area contributed by atoms with Gasteiger partial charge in [-0.1, -0.05) is 18.8 Å². The Balaban J connectivity index is 2.09. The van der Waals surface area contributed by atoms with Gasteiger partial charge in [-0.3, -0.25) is 4.79 Å². The molecule has 0 radical (unpaired) electrons. The van der Waals surface area contributed by atoms with Crippen molar-refractivity contribution in [2.75, 3.05) is 13.2 Å². The quantitative estimate of drug-likeness (QED) is 0.812. The maximum absolute atomic E-state index is 12.1. The average molecular weight is 257 g/mol. The summed E-state index contributed by atoms with van der Waals surface area (Å²) >= 11 is 0. The van der Waals surface area contributed by atoms with E-state index in [1.54, 1.807) is 6.07 Å². The largest absolute Gasteiger partial charge is 0.384 e. The number of benzene rings is 1. The van der Waals surface area contributed by atoms with E-state index < -0.39 is 0 Å². The van der Waals surface area contributed by atoms with Gasteiger partial charge in [-0.25, -0.2) is 0 Å². The molecular formula is C16H19NO2. The lowest BCUT2D eigenvalue weighted by molar-refractivity contribution is 0.0946. The lowest BCUT2D eigenvalue weighted by Crippen LogP contribution is -2.29. The van der Waals surface area contributed by atoms with Gasteiger partial charge in [-0.2, -0.15) is 0 Å². The fourth-order valence-corrected chi connectivity index (χ4v) is 1.91. The summed E-state index contributed by atoms with van der Waals surface area (Å²) < 4.78 is 0. The molecule has 1 saturated carbocycles. The van der Waals surface area contributed by atoms with E-state index in [0.717, 1.165) is 17.7 Å². The van der Waals surface area contributed by atoms with E-state index in [1.165, 1.54) is 12.8 Å². The minimum Gasteiger partial charge on any atom is -0.384 e. The number of carbonyl (C=O) groups excluding carboxylic acids is 1. The number of aliphatic hydroxyl groups is 1. The van der Waals surface area contributed by atoms with Crippen LogP contribution in [0.2, 0.25) is 0 Å². The SMILES string of the molecule is Cc1cc(C#CCO)cc(C(=O)NCC2(C)CC2)c1. The summed E-state index contributed by atoms with van der Waals surface area (Å²) in [6.07, 6.45) is 2.38. The average Bonchev–Trinajstić information content (AvgIpc) is 3.11. The maximum Gasteiger partial charge on any atom is 0.251 e. The van der Waals surface area contributed by atoms with Gasteiger partial charge in [0.05, 0.1) is 0 Å². The van der Waals surface area contributed by atoms with Crippen LogP contribution < -0.4 is 5.32 Å². The Morgan fingerprint density at radius 3 is 2.79 bits per heavy atom. The lowest BCUT2D eigenvalue weighted by atomic mass is 10.1. The molecule has 2 N–H and O–H groups in total. The van der Waals surface area contributed by atoms with E-state index in [0.29, 0.717) is 11.0 Å². The van der Waals surface area contributed by atoms with Gasteiger partial charge in [-0.15, -0.1) is 0 Å². The number of hydrogen-bond acceptors (Lipinski definition) is 2. The summed E-state index contributed by atoms with van der Waals surface area (Å²) in [6.45, 7) is 4.68. The maximum atomic E-state index is 12.1. The molecule has 0 aliphatic heterocycles. The first-order valence-electron chi connectivity index (χ1n) is 6.52. The Morgan fingerprint density at radius 1 is 1.42 bits per heavy atom. The Bertz CT molecular complexity index is 548. The smallest absolute Gasteiger partial charge is 0.251 e. The minimum atomic E-state index is -0.173. The van der Waals surface area contributed by atoms with Crippen LogP contribution in [-0.4, -0.2) is 24.2 Å². The molecule has 0 aromatic heterocycles. The van der Waals surface area contributed by atoms with Gasteiger partial charge in [0.25, 0.3) is 5.91 Å². The molecule has 1 aliphatic carbocycles. The third kappa shape index (κ3) is 3.84. The number of amides is 1. The molecule has 2 rings (SSSR count). The second-order valence-corrected chi connectivity index (χ2v) is 5.54. The molecule has 1 fully saturated rings. The zero-order chi connectivity index (χ0) is 13.9. The van der Waals surface area contributed by atoms with Crippen LogP contribution in [0.5, 0.6) is 0 Å². The fraction of sp³-hybridized carbons (Fsp3) is 0.438. The third-order valence-electron chi connectivity index (χ3n) is 3.43. The molecule has 1 aliphatic rings. The van der Waals surface area contributed by atoms with Crippen molar-refractivity contribution in [3.05, 3.63) is 34.9 Å². The third-order valence-corrected chi connectivity index (χ3v) is 3.43. The number of rotatable bonds is 3. The van der Waals surface area contributed by atoms with Crippen molar-refractivity contribution in [3.8, 4) is 11.8 Å². The Hall–Kier alpha value is -1.79. The fourth-order valence-electron chi connectivity index (χ4n) is 1.91. The highest BCUT2D eigenvalue weighted by atomic mass is 16.2. The number of nitrogens with one attached hydrogen (secondary N) is 1. The Kier molecular flexibility index (Phi) is 3.92. The van der Waals surface area contributed by atoms with E-state index in [9.17, 15) is 4.79 Å². The normalized spacial score (nSPS) is 15.3. The molecule has 3 nitrogen and oxygen atoms in total. The highest BCUT2D eigenvalue weighted by Crippen LogP contribution is 2.44. The second kappa shape index (κ2) is 5.46. The van der Waals surface area contributed by atoms with Gasteiger partial charge in [0.1, 0.15) is 6.61 Å². The first kappa shape index (κ1) is 13.6. The highest BCUT2D eigenvalue weighted by Gasteiger charge is 2.37. The molecule has 0 bridgehead atoms. The van der Waals surface area contributed by atoms with Crippen LogP contribution in [0, 0.1) is 24.2 Å². The first-order valence-corrected chi connectivity index (χ1v) is 6.52. The van der Waals surface area contributed by atoms with Gasteiger partial charge in [0.2, 0.25) is 0 Å². The van der Waals surface area contributed by atoms with Crippen molar-refractivity contribution in [1.82, 2.24) is 5.32 Å². The topological polar surface area (TPSA) is 49.3 Å². The minimum absolute atomic E-state index is 0.0520. The number of aryl methyl sites for hydroxylation is 1. The van der Waals surface area contributed by atoms with Gasteiger partial charge >= 0.3 is 0 Å². The molecule has 3 heteroatoms. The molecule has 0 heterocycles. The summed E-state index contributed by atoms with van der Waals surface area (Å²) in [4.78, 5) is 12.1. The molecule has 0 unspecified atom stereocenters. The molecule has 0 saturated heterocycles. The zero-order valence-electron chi connectivity index (χ0n) is 11.4. The van der Waals surface area contributed by atoms with Crippen molar-refractivity contribution in [2.45, 2.75) is 26.7 Å². The molecule has 19 heavy (non-hydrogen) atoms. The van der Waals surface area contributed by atoms with Crippen molar-refractivity contribution in [1.29, 1.82) is 0 Å². The van der Waals surface area contributed by atoms with Crippen LogP contribution in [-0.2, 0) is 0 Å². The van der Waals surface area contributed by atoms with Crippen LogP contribution in [0.25, 0.3) is 0 Å².